The predicted octanol–water partition coefficient (Wildman–Crippen LogP) is 0.350. The van der Waals surface area contributed by atoms with Gasteiger partial charge < -0.3 is 15.5 Å². The molecule has 0 spiro atoms. The van der Waals surface area contributed by atoms with Crippen LogP contribution in [-0.4, -0.2) is 51.1 Å². The van der Waals surface area contributed by atoms with Crippen LogP contribution in [0.5, 0.6) is 0 Å². The minimum Gasteiger partial charge on any atom is -0.481 e. The zero-order valence-electron chi connectivity index (χ0n) is 10.9. The highest BCUT2D eigenvalue weighted by Crippen LogP contribution is 2.31. The van der Waals surface area contributed by atoms with Crippen molar-refractivity contribution in [1.82, 2.24) is 5.32 Å². The maximum atomic E-state index is 10.8. The van der Waals surface area contributed by atoms with E-state index in [4.69, 9.17) is 5.11 Å². The van der Waals surface area contributed by atoms with Crippen molar-refractivity contribution < 1.29 is 19.2 Å². The van der Waals surface area contributed by atoms with Crippen molar-refractivity contribution >= 4 is 16.8 Å². The lowest BCUT2D eigenvalue weighted by Gasteiger charge is -2.34. The van der Waals surface area contributed by atoms with Crippen molar-refractivity contribution in [3.05, 3.63) is 0 Å². The fraction of sp³-hybridized carbons (Fsp3) is 0.917. The third-order valence-corrected chi connectivity index (χ3v) is 4.37. The molecule has 1 saturated carbocycles. The Morgan fingerprint density at radius 1 is 1.44 bits per heavy atom. The van der Waals surface area contributed by atoms with Gasteiger partial charge in [0.1, 0.15) is 0 Å². The Bertz CT molecular complexity index is 300. The Balaban J connectivity index is 2.18. The zero-order valence-corrected chi connectivity index (χ0v) is 11.7. The van der Waals surface area contributed by atoms with Crippen LogP contribution in [0.4, 0.5) is 0 Å². The SMILES string of the molecule is CS(=O)CCCNCC1(O)CCC(C(=O)O)CC1. The molecule has 1 fully saturated rings. The standard InChI is InChI=1S/C12H23NO4S/c1-18(17)8-2-7-13-9-12(16)5-3-10(4-6-12)11(14)15/h10,13,16H,2-9H2,1H3,(H,14,15). The molecule has 106 valence electrons. The smallest absolute Gasteiger partial charge is 0.306 e. The van der Waals surface area contributed by atoms with Crippen LogP contribution in [0.3, 0.4) is 0 Å². The number of nitrogens with one attached hydrogen (secondary N) is 1. The summed E-state index contributed by atoms with van der Waals surface area (Å²) in [5, 5.41) is 22.3. The van der Waals surface area contributed by atoms with E-state index in [9.17, 15) is 14.1 Å². The largest absolute Gasteiger partial charge is 0.481 e. The van der Waals surface area contributed by atoms with Gasteiger partial charge in [-0.3, -0.25) is 9.00 Å². The molecule has 5 nitrogen and oxygen atoms in total. The lowest BCUT2D eigenvalue weighted by Crippen LogP contribution is -2.44. The van der Waals surface area contributed by atoms with Crippen molar-refractivity contribution in [1.29, 1.82) is 0 Å². The summed E-state index contributed by atoms with van der Waals surface area (Å²) < 4.78 is 10.8. The van der Waals surface area contributed by atoms with Gasteiger partial charge in [0, 0.05) is 29.4 Å². The van der Waals surface area contributed by atoms with Crippen molar-refractivity contribution in [2.75, 3.05) is 25.1 Å². The average Bonchev–Trinajstić information content (AvgIpc) is 2.28. The maximum absolute atomic E-state index is 10.8. The van der Waals surface area contributed by atoms with Gasteiger partial charge in [0.15, 0.2) is 0 Å². The van der Waals surface area contributed by atoms with Crippen molar-refractivity contribution in [3.8, 4) is 0 Å². The number of hydrogen-bond acceptors (Lipinski definition) is 4. The molecule has 0 aromatic rings. The summed E-state index contributed by atoms with van der Waals surface area (Å²) in [6.45, 7) is 1.24. The van der Waals surface area contributed by atoms with E-state index in [1.165, 1.54) is 0 Å². The molecule has 0 heterocycles. The Kier molecular flexibility index (Phi) is 6.25. The monoisotopic (exact) mass is 277 g/mol. The molecule has 1 aliphatic carbocycles. The van der Waals surface area contributed by atoms with Crippen LogP contribution in [0, 0.1) is 5.92 Å². The van der Waals surface area contributed by atoms with Crippen molar-refractivity contribution in [2.45, 2.75) is 37.7 Å². The third kappa shape index (κ3) is 5.46. The molecular formula is C12H23NO4S. The average molecular weight is 277 g/mol. The van der Waals surface area contributed by atoms with Gasteiger partial charge in [0.25, 0.3) is 0 Å². The Hall–Kier alpha value is -0.460. The second kappa shape index (κ2) is 7.21. The van der Waals surface area contributed by atoms with Gasteiger partial charge >= 0.3 is 5.97 Å². The highest BCUT2D eigenvalue weighted by Gasteiger charge is 2.35. The summed E-state index contributed by atoms with van der Waals surface area (Å²) in [6.07, 6.45) is 4.68. The minimum absolute atomic E-state index is 0.298. The molecular weight excluding hydrogens is 254 g/mol. The lowest BCUT2D eigenvalue weighted by molar-refractivity contribution is -0.144. The van der Waals surface area contributed by atoms with Gasteiger partial charge in [0.2, 0.25) is 0 Å². The summed E-state index contributed by atoms with van der Waals surface area (Å²) in [6, 6.07) is 0. The molecule has 1 rings (SSSR count). The van der Waals surface area contributed by atoms with Crippen LogP contribution >= 0.6 is 0 Å². The normalized spacial score (nSPS) is 30.0. The minimum atomic E-state index is -0.767. The van der Waals surface area contributed by atoms with E-state index in [1.54, 1.807) is 6.26 Å². The fourth-order valence-electron chi connectivity index (χ4n) is 2.30. The molecule has 6 heteroatoms. The van der Waals surface area contributed by atoms with Crippen LogP contribution < -0.4 is 5.32 Å². The van der Waals surface area contributed by atoms with E-state index >= 15 is 0 Å². The number of aliphatic hydroxyl groups is 1. The van der Waals surface area contributed by atoms with E-state index in [0.717, 1.165) is 13.0 Å². The van der Waals surface area contributed by atoms with Crippen molar-refractivity contribution in [2.24, 2.45) is 5.92 Å². The highest BCUT2D eigenvalue weighted by atomic mass is 32.2. The fourth-order valence-corrected chi connectivity index (χ4v) is 2.85. The van der Waals surface area contributed by atoms with E-state index in [0.29, 0.717) is 38.0 Å². The highest BCUT2D eigenvalue weighted by molar-refractivity contribution is 7.84. The Morgan fingerprint density at radius 3 is 2.56 bits per heavy atom. The topological polar surface area (TPSA) is 86.6 Å². The second-order valence-corrected chi connectivity index (χ2v) is 6.70. The number of aliphatic carboxylic acids is 1. The van der Waals surface area contributed by atoms with Gasteiger partial charge in [-0.05, 0) is 38.6 Å². The van der Waals surface area contributed by atoms with Gasteiger partial charge in [-0.15, -0.1) is 0 Å². The molecule has 3 N–H and O–H groups in total. The molecule has 18 heavy (non-hydrogen) atoms. The summed E-state index contributed by atoms with van der Waals surface area (Å²) in [4.78, 5) is 10.8. The molecule has 0 aromatic heterocycles. The summed E-state index contributed by atoms with van der Waals surface area (Å²) >= 11 is 0. The summed E-state index contributed by atoms with van der Waals surface area (Å²) in [5.41, 5.74) is -0.767. The molecule has 1 unspecified atom stereocenters. The molecule has 0 bridgehead atoms. The number of rotatable bonds is 7. The Labute approximate surface area is 110 Å². The number of carboxylic acid groups (broad SMARTS) is 1. The first-order valence-electron chi connectivity index (χ1n) is 6.39. The molecule has 1 aliphatic rings. The van der Waals surface area contributed by atoms with Crippen LogP contribution in [0.25, 0.3) is 0 Å². The number of carbonyl (C=O) groups is 1. The maximum Gasteiger partial charge on any atom is 0.306 e. The van der Waals surface area contributed by atoms with Crippen LogP contribution in [0.15, 0.2) is 0 Å². The van der Waals surface area contributed by atoms with E-state index in [1.807, 2.05) is 0 Å². The lowest BCUT2D eigenvalue weighted by atomic mass is 9.79. The zero-order chi connectivity index (χ0) is 13.6. The first-order valence-corrected chi connectivity index (χ1v) is 8.12. The van der Waals surface area contributed by atoms with E-state index in [2.05, 4.69) is 5.32 Å². The molecule has 0 aromatic carbocycles. The third-order valence-electron chi connectivity index (χ3n) is 3.50. The van der Waals surface area contributed by atoms with Crippen molar-refractivity contribution in [3.63, 3.8) is 0 Å². The van der Waals surface area contributed by atoms with Crippen LogP contribution in [-0.2, 0) is 15.6 Å². The van der Waals surface area contributed by atoms with Gasteiger partial charge in [-0.1, -0.05) is 0 Å². The second-order valence-electron chi connectivity index (χ2n) is 5.14. The van der Waals surface area contributed by atoms with Gasteiger partial charge in [0.05, 0.1) is 11.5 Å². The van der Waals surface area contributed by atoms with E-state index in [-0.39, 0.29) is 5.92 Å². The molecule has 1 atom stereocenters. The van der Waals surface area contributed by atoms with Crippen LogP contribution in [0.2, 0.25) is 0 Å². The molecule has 0 amide bonds. The first-order chi connectivity index (χ1) is 8.43. The Morgan fingerprint density at radius 2 is 2.06 bits per heavy atom. The summed E-state index contributed by atoms with van der Waals surface area (Å²) in [5.74, 6) is -0.379. The molecule has 0 saturated heterocycles. The predicted molar refractivity (Wildman–Crippen MR) is 71.0 cm³/mol. The first kappa shape index (κ1) is 15.6. The number of carboxylic acids is 1. The number of hydrogen-bond donors (Lipinski definition) is 3. The quantitative estimate of drug-likeness (QED) is 0.585. The van der Waals surface area contributed by atoms with Gasteiger partial charge in [-0.2, -0.15) is 0 Å². The van der Waals surface area contributed by atoms with Gasteiger partial charge in [-0.25, -0.2) is 0 Å². The molecule has 0 radical (unpaired) electrons. The van der Waals surface area contributed by atoms with E-state index < -0.39 is 22.4 Å². The summed E-state index contributed by atoms with van der Waals surface area (Å²) in [7, 11) is -0.762. The molecule has 0 aliphatic heterocycles. The van der Waals surface area contributed by atoms with Crippen LogP contribution in [0.1, 0.15) is 32.1 Å².